The Morgan fingerprint density at radius 3 is 2.46 bits per heavy atom. The summed E-state index contributed by atoms with van der Waals surface area (Å²) in [5, 5.41) is 0. The number of imide groups is 1. The third-order valence-corrected chi connectivity index (χ3v) is 1.50. The number of hydrogen-bond acceptors (Lipinski definition) is 2. The second-order valence-electron chi connectivity index (χ2n) is 2.30. The van der Waals surface area contributed by atoms with E-state index in [0.717, 1.165) is 11.0 Å². The molecule has 0 aliphatic heterocycles. The number of amides is 2. The van der Waals surface area contributed by atoms with E-state index in [2.05, 4.69) is 6.58 Å². The van der Waals surface area contributed by atoms with E-state index >= 15 is 0 Å². The molecule has 0 heterocycles. The van der Waals surface area contributed by atoms with Crippen LogP contribution in [0, 0.1) is 0 Å². The number of para-hydroxylation sites is 1. The van der Waals surface area contributed by atoms with Gasteiger partial charge in [-0.2, -0.15) is 0 Å². The monoisotopic (exact) mass is 174 g/mol. The zero-order valence-corrected chi connectivity index (χ0v) is 6.93. The number of hydrogen-bond donors (Lipinski definition) is 0. The van der Waals surface area contributed by atoms with Gasteiger partial charge in [0.25, 0.3) is 5.91 Å². The number of anilines is 1. The Morgan fingerprint density at radius 1 is 1.38 bits per heavy atom. The number of nitrogens with zero attached hydrogens (tertiary/aromatic N) is 1. The largest absolute Gasteiger partial charge is 0.324 e. The standard InChI is InChI=1S/C10H8NO2/c1-2-10(13)11(8-12)9-6-4-3-5-7-9/h2-7H,1H2. The van der Waals surface area contributed by atoms with E-state index in [1.807, 2.05) is 0 Å². The number of carbonyl (C=O) groups excluding carboxylic acids is 2. The molecular formula is C10H8NO2. The van der Waals surface area contributed by atoms with Crippen LogP contribution in [0.3, 0.4) is 0 Å². The molecule has 0 spiro atoms. The summed E-state index contributed by atoms with van der Waals surface area (Å²) in [4.78, 5) is 22.4. The minimum Gasteiger partial charge on any atom is -0.269 e. The van der Waals surface area contributed by atoms with Gasteiger partial charge in [0.1, 0.15) is 0 Å². The highest BCUT2D eigenvalue weighted by Gasteiger charge is 2.11. The summed E-state index contributed by atoms with van der Waals surface area (Å²) in [5.41, 5.74) is 0.488. The number of benzene rings is 1. The third-order valence-electron chi connectivity index (χ3n) is 1.50. The van der Waals surface area contributed by atoms with E-state index in [4.69, 9.17) is 0 Å². The first-order valence-corrected chi connectivity index (χ1v) is 3.69. The van der Waals surface area contributed by atoms with E-state index in [0.29, 0.717) is 5.69 Å². The Balaban J connectivity index is 2.97. The Hall–Kier alpha value is -1.90. The fourth-order valence-electron chi connectivity index (χ4n) is 0.893. The van der Waals surface area contributed by atoms with Crippen LogP contribution in [-0.4, -0.2) is 12.3 Å². The fraction of sp³-hybridized carbons (Fsp3) is 0. The smallest absolute Gasteiger partial charge is 0.269 e. The zero-order valence-electron chi connectivity index (χ0n) is 6.93. The maximum absolute atomic E-state index is 11.1. The molecule has 1 aromatic carbocycles. The van der Waals surface area contributed by atoms with Crippen molar-refractivity contribution < 1.29 is 9.59 Å². The highest BCUT2D eigenvalue weighted by atomic mass is 16.2. The van der Waals surface area contributed by atoms with Crippen molar-refractivity contribution in [3.8, 4) is 0 Å². The molecule has 0 bridgehead atoms. The molecule has 1 radical (unpaired) electrons. The molecule has 0 aliphatic carbocycles. The van der Waals surface area contributed by atoms with Crippen LogP contribution in [-0.2, 0) is 9.59 Å². The molecule has 3 nitrogen and oxygen atoms in total. The van der Waals surface area contributed by atoms with Gasteiger partial charge >= 0.3 is 6.41 Å². The van der Waals surface area contributed by atoms with Gasteiger partial charge in [-0.15, -0.1) is 0 Å². The highest BCUT2D eigenvalue weighted by Crippen LogP contribution is 2.11. The lowest BCUT2D eigenvalue weighted by molar-refractivity contribution is -0.113. The molecule has 0 aliphatic rings. The Kier molecular flexibility index (Phi) is 2.97. The third kappa shape index (κ3) is 2.02. The normalized spacial score (nSPS) is 8.92. The van der Waals surface area contributed by atoms with Crippen LogP contribution in [0.15, 0.2) is 43.0 Å². The lowest BCUT2D eigenvalue weighted by atomic mass is 10.3. The molecular weight excluding hydrogens is 166 g/mol. The first kappa shape index (κ1) is 9.19. The predicted molar refractivity (Wildman–Crippen MR) is 49.8 cm³/mol. The molecule has 1 aromatic rings. The molecule has 13 heavy (non-hydrogen) atoms. The van der Waals surface area contributed by atoms with Gasteiger partial charge in [-0.3, -0.25) is 9.59 Å². The molecule has 0 saturated heterocycles. The average molecular weight is 174 g/mol. The van der Waals surface area contributed by atoms with Crippen LogP contribution >= 0.6 is 0 Å². The first-order chi connectivity index (χ1) is 6.29. The SMILES string of the molecule is C=CC(=O)N([C]=O)c1ccccc1. The molecule has 65 valence electrons. The summed E-state index contributed by atoms with van der Waals surface area (Å²) in [6.45, 7) is 3.28. The summed E-state index contributed by atoms with van der Waals surface area (Å²) < 4.78 is 0. The molecule has 3 heteroatoms. The van der Waals surface area contributed by atoms with Crippen molar-refractivity contribution in [3.05, 3.63) is 43.0 Å². The van der Waals surface area contributed by atoms with Gasteiger partial charge in [0.15, 0.2) is 0 Å². The molecule has 0 atom stereocenters. The van der Waals surface area contributed by atoms with Gasteiger partial charge in [0.2, 0.25) is 0 Å². The van der Waals surface area contributed by atoms with Crippen LogP contribution < -0.4 is 4.90 Å². The van der Waals surface area contributed by atoms with Crippen molar-refractivity contribution in [1.82, 2.24) is 0 Å². The van der Waals surface area contributed by atoms with E-state index in [1.54, 1.807) is 30.3 Å². The number of rotatable bonds is 3. The van der Waals surface area contributed by atoms with Crippen LogP contribution in [0.2, 0.25) is 0 Å². The molecule has 2 amide bonds. The second-order valence-corrected chi connectivity index (χ2v) is 2.30. The molecule has 0 unspecified atom stereocenters. The topological polar surface area (TPSA) is 37.4 Å². The first-order valence-electron chi connectivity index (χ1n) is 3.69. The minimum atomic E-state index is -0.485. The fourth-order valence-corrected chi connectivity index (χ4v) is 0.893. The highest BCUT2D eigenvalue weighted by molar-refractivity contribution is 6.12. The van der Waals surface area contributed by atoms with Gasteiger partial charge in [-0.05, 0) is 18.2 Å². The summed E-state index contributed by atoms with van der Waals surface area (Å²) in [7, 11) is 0. The molecule has 0 fully saturated rings. The second kappa shape index (κ2) is 4.21. The summed E-state index contributed by atoms with van der Waals surface area (Å²) in [6.07, 6.45) is 2.60. The van der Waals surface area contributed by atoms with E-state index < -0.39 is 5.91 Å². The van der Waals surface area contributed by atoms with Crippen LogP contribution in [0.4, 0.5) is 5.69 Å². The van der Waals surface area contributed by atoms with Gasteiger partial charge < -0.3 is 0 Å². The quantitative estimate of drug-likeness (QED) is 0.511. The van der Waals surface area contributed by atoms with E-state index in [-0.39, 0.29) is 0 Å². The van der Waals surface area contributed by atoms with Crippen molar-refractivity contribution >= 4 is 18.0 Å². The molecule has 1 rings (SSSR count). The molecule has 0 aromatic heterocycles. The molecule has 0 N–H and O–H groups in total. The lowest BCUT2D eigenvalue weighted by Crippen LogP contribution is -2.26. The van der Waals surface area contributed by atoms with Crippen molar-refractivity contribution in [2.24, 2.45) is 0 Å². The van der Waals surface area contributed by atoms with Crippen molar-refractivity contribution in [2.75, 3.05) is 4.90 Å². The predicted octanol–water partition coefficient (Wildman–Crippen LogP) is 1.27. The lowest BCUT2D eigenvalue weighted by Gasteiger charge is -2.10. The minimum absolute atomic E-state index is 0.485. The summed E-state index contributed by atoms with van der Waals surface area (Å²) in [5.74, 6) is -0.485. The average Bonchev–Trinajstić information content (AvgIpc) is 2.20. The van der Waals surface area contributed by atoms with E-state index in [9.17, 15) is 9.59 Å². The van der Waals surface area contributed by atoms with Crippen molar-refractivity contribution in [2.45, 2.75) is 0 Å². The number of carbonyl (C=O) groups is 1. The summed E-state index contributed by atoms with van der Waals surface area (Å²) >= 11 is 0. The Morgan fingerprint density at radius 2 is 2.00 bits per heavy atom. The van der Waals surface area contributed by atoms with Gasteiger partial charge in [0.05, 0.1) is 5.69 Å². The zero-order chi connectivity index (χ0) is 9.68. The maximum atomic E-state index is 11.1. The Labute approximate surface area is 76.3 Å². The van der Waals surface area contributed by atoms with Crippen molar-refractivity contribution in [3.63, 3.8) is 0 Å². The van der Waals surface area contributed by atoms with Crippen LogP contribution in [0.5, 0.6) is 0 Å². The van der Waals surface area contributed by atoms with Gasteiger partial charge in [0, 0.05) is 0 Å². The van der Waals surface area contributed by atoms with Gasteiger partial charge in [-0.1, -0.05) is 24.8 Å². The van der Waals surface area contributed by atoms with Crippen molar-refractivity contribution in [1.29, 1.82) is 0 Å². The summed E-state index contributed by atoms with van der Waals surface area (Å²) in [6, 6.07) is 8.55. The van der Waals surface area contributed by atoms with E-state index in [1.165, 1.54) is 6.41 Å². The van der Waals surface area contributed by atoms with Gasteiger partial charge in [-0.25, -0.2) is 4.90 Å². The maximum Gasteiger partial charge on any atom is 0.324 e. The van der Waals surface area contributed by atoms with Crippen LogP contribution in [0.25, 0.3) is 0 Å². The molecule has 0 saturated carbocycles. The Bertz CT molecular complexity index is 319. The van der Waals surface area contributed by atoms with Crippen LogP contribution in [0.1, 0.15) is 0 Å².